The molecule has 0 fully saturated rings. The highest BCUT2D eigenvalue weighted by Crippen LogP contribution is 2.25. The van der Waals surface area contributed by atoms with E-state index in [0.717, 1.165) is 32.6 Å². The Morgan fingerprint density at radius 3 is 2.62 bits per heavy atom. The summed E-state index contributed by atoms with van der Waals surface area (Å²) in [6.07, 6.45) is 0.417. The van der Waals surface area contributed by atoms with Gasteiger partial charge in [0.15, 0.2) is 0 Å². The third kappa shape index (κ3) is 2.67. The van der Waals surface area contributed by atoms with Crippen molar-refractivity contribution < 1.29 is 0 Å². The van der Waals surface area contributed by atoms with Crippen LogP contribution in [0, 0.1) is 11.3 Å². The van der Waals surface area contributed by atoms with Gasteiger partial charge in [-0.25, -0.2) is 4.98 Å². The first kappa shape index (κ1) is 14.1. The van der Waals surface area contributed by atoms with Gasteiger partial charge in [-0.15, -0.1) is 11.6 Å². The predicted molar refractivity (Wildman–Crippen MR) is 87.6 cm³/mol. The molecule has 0 radical (unpaired) electrons. The molecule has 5 heteroatoms. The van der Waals surface area contributed by atoms with Crippen molar-refractivity contribution in [1.29, 1.82) is 5.26 Å². The molecule has 3 rings (SSSR count). The van der Waals surface area contributed by atoms with E-state index in [-0.39, 0.29) is 0 Å². The summed E-state index contributed by atoms with van der Waals surface area (Å²) in [6, 6.07) is 16.0. The minimum Gasteiger partial charge on any atom is -0.295 e. The number of nitriles is 1. The van der Waals surface area contributed by atoms with Gasteiger partial charge in [0.25, 0.3) is 0 Å². The molecule has 0 aliphatic carbocycles. The zero-order valence-corrected chi connectivity index (χ0v) is 13.4. The van der Waals surface area contributed by atoms with E-state index in [1.54, 1.807) is 0 Å². The smallest absolute Gasteiger partial charge is 0.129 e. The molecule has 104 valence electrons. The van der Waals surface area contributed by atoms with Gasteiger partial charge in [-0.1, -0.05) is 28.1 Å². The van der Waals surface area contributed by atoms with Gasteiger partial charge in [0.05, 0.1) is 29.4 Å². The summed E-state index contributed by atoms with van der Waals surface area (Å²) in [5, 5.41) is 8.74. The van der Waals surface area contributed by atoms with Gasteiger partial charge < -0.3 is 0 Å². The first-order valence-corrected chi connectivity index (χ1v) is 7.75. The summed E-state index contributed by atoms with van der Waals surface area (Å²) in [4.78, 5) is 4.58. The van der Waals surface area contributed by atoms with Crippen LogP contribution in [0.2, 0.25) is 0 Å². The van der Waals surface area contributed by atoms with Crippen LogP contribution < -0.4 is 0 Å². The van der Waals surface area contributed by atoms with Crippen LogP contribution in [0.4, 0.5) is 0 Å². The van der Waals surface area contributed by atoms with E-state index in [1.807, 2.05) is 47.0 Å². The Balaban J connectivity index is 2.16. The molecule has 3 nitrogen and oxygen atoms in total. The molecule has 0 spiro atoms. The first-order chi connectivity index (χ1) is 10.2. The molecule has 1 aromatic heterocycles. The number of aromatic nitrogens is 2. The molecule has 21 heavy (non-hydrogen) atoms. The second-order valence-electron chi connectivity index (χ2n) is 4.63. The third-order valence-corrected chi connectivity index (χ3v) is 4.02. The molecule has 0 aliphatic heterocycles. The van der Waals surface area contributed by atoms with Crippen LogP contribution in [0.25, 0.3) is 16.7 Å². The summed E-state index contributed by atoms with van der Waals surface area (Å²) < 4.78 is 3.04. The van der Waals surface area contributed by atoms with E-state index < -0.39 is 0 Å². The molecular formula is C16H11BrClN3. The van der Waals surface area contributed by atoms with Gasteiger partial charge >= 0.3 is 0 Å². The Bertz CT molecular complexity index is 831. The topological polar surface area (TPSA) is 41.6 Å². The molecule has 0 saturated heterocycles. The Labute approximate surface area is 135 Å². The molecule has 0 N–H and O–H groups in total. The Kier molecular flexibility index (Phi) is 3.96. The highest BCUT2D eigenvalue weighted by Gasteiger charge is 2.11. The van der Waals surface area contributed by atoms with Crippen molar-refractivity contribution >= 4 is 38.6 Å². The lowest BCUT2D eigenvalue weighted by Gasteiger charge is -2.08. The van der Waals surface area contributed by atoms with Gasteiger partial charge in [0.2, 0.25) is 0 Å². The summed E-state index contributed by atoms with van der Waals surface area (Å²) in [6.45, 7) is 0. The molecule has 0 amide bonds. The van der Waals surface area contributed by atoms with Crippen molar-refractivity contribution in [1.82, 2.24) is 9.55 Å². The number of nitrogens with zero attached hydrogens (tertiary/aromatic N) is 3. The summed E-state index contributed by atoms with van der Waals surface area (Å²) >= 11 is 9.49. The Hall–Kier alpha value is -1.83. The van der Waals surface area contributed by atoms with E-state index >= 15 is 0 Å². The maximum Gasteiger partial charge on any atom is 0.129 e. The number of alkyl halides is 1. The average Bonchev–Trinajstić information content (AvgIpc) is 2.86. The van der Waals surface area contributed by atoms with Crippen LogP contribution in [0.5, 0.6) is 0 Å². The van der Waals surface area contributed by atoms with E-state index in [0.29, 0.717) is 12.3 Å². The van der Waals surface area contributed by atoms with Crippen LogP contribution in [0.3, 0.4) is 0 Å². The summed E-state index contributed by atoms with van der Waals surface area (Å²) in [7, 11) is 0. The molecule has 3 aromatic rings. The van der Waals surface area contributed by atoms with Crippen molar-refractivity contribution in [3.05, 3.63) is 58.3 Å². The fourth-order valence-corrected chi connectivity index (χ4v) is 2.86. The average molecular weight is 361 g/mol. The number of fused-ring (bicyclic) bond motifs is 1. The SMILES string of the molecule is N#CCc1ccc(-n2c(CCl)nc3cc(Br)ccc32)cc1. The van der Waals surface area contributed by atoms with E-state index in [4.69, 9.17) is 16.9 Å². The van der Waals surface area contributed by atoms with Gasteiger partial charge in [-0.05, 0) is 35.9 Å². The lowest BCUT2D eigenvalue weighted by molar-refractivity contribution is 0.980. The predicted octanol–water partition coefficient (Wildman–Crippen LogP) is 4.59. The lowest BCUT2D eigenvalue weighted by atomic mass is 10.1. The number of hydrogen-bond donors (Lipinski definition) is 0. The number of benzene rings is 2. The minimum absolute atomic E-state index is 0.340. The monoisotopic (exact) mass is 359 g/mol. The van der Waals surface area contributed by atoms with E-state index in [9.17, 15) is 0 Å². The van der Waals surface area contributed by atoms with E-state index in [1.165, 1.54) is 0 Å². The van der Waals surface area contributed by atoms with Gasteiger partial charge in [-0.3, -0.25) is 4.57 Å². The normalized spacial score (nSPS) is 10.7. The van der Waals surface area contributed by atoms with Crippen LogP contribution >= 0.6 is 27.5 Å². The van der Waals surface area contributed by atoms with Crippen molar-refractivity contribution in [3.8, 4) is 11.8 Å². The fraction of sp³-hybridized carbons (Fsp3) is 0.125. The Morgan fingerprint density at radius 1 is 1.19 bits per heavy atom. The quantitative estimate of drug-likeness (QED) is 0.641. The number of hydrogen-bond acceptors (Lipinski definition) is 2. The van der Waals surface area contributed by atoms with Crippen molar-refractivity contribution in [2.24, 2.45) is 0 Å². The molecule has 0 bridgehead atoms. The standard InChI is InChI=1S/C16H11BrClN3/c17-12-3-6-15-14(9-12)20-16(10-18)21(15)13-4-1-11(2-5-13)7-8-19/h1-6,9H,7,10H2. The van der Waals surface area contributed by atoms with Crippen LogP contribution in [-0.4, -0.2) is 9.55 Å². The maximum absolute atomic E-state index is 8.74. The highest BCUT2D eigenvalue weighted by molar-refractivity contribution is 9.10. The zero-order chi connectivity index (χ0) is 14.8. The highest BCUT2D eigenvalue weighted by atomic mass is 79.9. The van der Waals surface area contributed by atoms with Gasteiger partial charge in [0, 0.05) is 10.2 Å². The number of rotatable bonds is 3. The lowest BCUT2D eigenvalue weighted by Crippen LogP contribution is -1.99. The van der Waals surface area contributed by atoms with Gasteiger partial charge in [0.1, 0.15) is 5.82 Å². The van der Waals surface area contributed by atoms with Crippen LogP contribution in [0.1, 0.15) is 11.4 Å². The first-order valence-electron chi connectivity index (χ1n) is 6.42. The molecule has 0 saturated carbocycles. The second kappa shape index (κ2) is 5.88. The van der Waals surface area contributed by atoms with Crippen molar-refractivity contribution in [2.45, 2.75) is 12.3 Å². The van der Waals surface area contributed by atoms with Crippen LogP contribution in [0.15, 0.2) is 46.9 Å². The fourth-order valence-electron chi connectivity index (χ4n) is 2.34. The second-order valence-corrected chi connectivity index (χ2v) is 5.81. The maximum atomic E-state index is 8.74. The molecule has 0 unspecified atom stereocenters. The van der Waals surface area contributed by atoms with Gasteiger partial charge in [-0.2, -0.15) is 5.26 Å². The van der Waals surface area contributed by atoms with Crippen LogP contribution in [-0.2, 0) is 12.3 Å². The largest absolute Gasteiger partial charge is 0.295 e. The van der Waals surface area contributed by atoms with Crippen molar-refractivity contribution in [2.75, 3.05) is 0 Å². The summed E-state index contributed by atoms with van der Waals surface area (Å²) in [5.74, 6) is 1.14. The number of halogens is 2. The summed E-state index contributed by atoms with van der Waals surface area (Å²) in [5.41, 5.74) is 3.92. The van der Waals surface area contributed by atoms with E-state index in [2.05, 4.69) is 27.0 Å². The molecule has 1 heterocycles. The Morgan fingerprint density at radius 2 is 1.95 bits per heavy atom. The third-order valence-electron chi connectivity index (χ3n) is 3.28. The minimum atomic E-state index is 0.340. The van der Waals surface area contributed by atoms with Crippen molar-refractivity contribution in [3.63, 3.8) is 0 Å². The number of imidazole rings is 1. The zero-order valence-electron chi connectivity index (χ0n) is 11.1. The molecule has 0 atom stereocenters. The molecule has 0 aliphatic rings. The molecule has 2 aromatic carbocycles. The molecular weight excluding hydrogens is 350 g/mol.